The molecule has 0 aliphatic carbocycles. The first-order valence-corrected chi connectivity index (χ1v) is 32.9. The van der Waals surface area contributed by atoms with Gasteiger partial charge in [-0.15, -0.1) is 138 Å². The Morgan fingerprint density at radius 1 is 0.213 bits per heavy atom. The number of benzene rings is 12. The van der Waals surface area contributed by atoms with Gasteiger partial charge in [0.15, 0.2) is 0 Å². The summed E-state index contributed by atoms with van der Waals surface area (Å²) in [4.78, 5) is 0. The fourth-order valence-corrected chi connectivity index (χ4v) is 12.8. The molecule has 16 aromatic rings. The van der Waals surface area contributed by atoms with Crippen LogP contribution in [0, 0.1) is 27.7 Å². The third-order valence-electron chi connectivity index (χ3n) is 16.2. The number of rotatable bonds is 8. The summed E-state index contributed by atoms with van der Waals surface area (Å²) in [5.41, 5.74) is 21.0. The molecule has 0 heterocycles. The predicted molar refractivity (Wildman–Crippen MR) is 391 cm³/mol. The van der Waals surface area contributed by atoms with Gasteiger partial charge in [0.25, 0.3) is 0 Å². The molecule has 0 nitrogen and oxygen atoms in total. The second kappa shape index (κ2) is 34.7. The second-order valence-corrected chi connectivity index (χ2v) is 24.6. The van der Waals surface area contributed by atoms with Gasteiger partial charge in [0.05, 0.1) is 0 Å². The molecule has 0 aromatic heterocycles. The summed E-state index contributed by atoms with van der Waals surface area (Å²) in [6, 6.07) is 128. The van der Waals surface area contributed by atoms with Gasteiger partial charge in [-0.2, -0.15) is 24.3 Å². The third-order valence-corrected chi connectivity index (χ3v) is 18.0. The molecule has 0 unspecified atom stereocenters. The van der Waals surface area contributed by atoms with Crippen molar-refractivity contribution in [1.29, 1.82) is 0 Å². The number of aryl methyl sites for hydroxylation is 4. The molecule has 0 aliphatic rings. The van der Waals surface area contributed by atoms with Gasteiger partial charge < -0.3 is 24.8 Å². The van der Waals surface area contributed by atoms with E-state index in [4.69, 9.17) is 0 Å². The fourth-order valence-electron chi connectivity index (χ4n) is 11.8. The van der Waals surface area contributed by atoms with E-state index in [1.54, 1.807) is 0 Å². The number of hydrogen-bond donors (Lipinski definition) is 0. The fraction of sp³-hybridized carbons (Fsp3) is 0.0444. The van der Waals surface area contributed by atoms with Gasteiger partial charge in [-0.1, -0.05) is 196 Å². The summed E-state index contributed by atoms with van der Waals surface area (Å²) in [6.45, 7) is 8.59. The minimum atomic E-state index is 0. The van der Waals surface area contributed by atoms with Crippen LogP contribution in [0.5, 0.6) is 0 Å². The monoisotopic (exact) mass is 1320 g/mol. The van der Waals surface area contributed by atoms with Gasteiger partial charge in [-0.3, -0.25) is 0 Å². The van der Waals surface area contributed by atoms with Gasteiger partial charge in [-0.25, -0.2) is 0 Å². The number of fused-ring (bicyclic) bond motifs is 4. The summed E-state index contributed by atoms with van der Waals surface area (Å²) >= 11 is 4.31. The van der Waals surface area contributed by atoms with Gasteiger partial charge in [0.1, 0.15) is 0 Å². The molecule has 94 heavy (non-hydrogen) atoms. The summed E-state index contributed by atoms with van der Waals surface area (Å²) in [5, 5.41) is 10.7. The van der Waals surface area contributed by atoms with Crippen LogP contribution in [0.15, 0.2) is 364 Å². The molecule has 456 valence electrons. The zero-order valence-electron chi connectivity index (χ0n) is 53.4. The molecule has 0 aliphatic heterocycles. The summed E-state index contributed by atoms with van der Waals surface area (Å²) in [5.74, 6) is 0. The standard InChI is InChI=1S/4C16H13.2C13H10.2ClH.2Ti/c4*1-12-10-14-8-5-9-15(16(14)11-12)13-6-3-2-4-7-13;2*1-3-7-12(8-4-1)11-13-9-5-2-6-10-13;;;;/h4*2-11H,1H3;2*1-10H;2*1H;;/q4*-1;;;;;2*+2/p-2. The van der Waals surface area contributed by atoms with Crippen molar-refractivity contribution in [1.82, 2.24) is 0 Å². The molecule has 0 saturated carbocycles. The van der Waals surface area contributed by atoms with Gasteiger partial charge in [-0.05, 0) is 22.3 Å². The van der Waals surface area contributed by atoms with Crippen LogP contribution in [0.1, 0.15) is 44.5 Å². The summed E-state index contributed by atoms with van der Waals surface area (Å²) in [7, 11) is 0. The van der Waals surface area contributed by atoms with E-state index < -0.39 is 0 Å². The van der Waals surface area contributed by atoms with Crippen LogP contribution in [0.25, 0.3) is 87.6 Å². The molecule has 0 atom stereocenters. The Bertz CT molecular complexity index is 4320. The van der Waals surface area contributed by atoms with Crippen molar-refractivity contribution < 1.29 is 64.8 Å². The first-order chi connectivity index (χ1) is 45.1. The molecular weight excluding hydrogens is 1250 g/mol. The van der Waals surface area contributed by atoms with Crippen molar-refractivity contribution in [3.8, 4) is 44.5 Å². The predicted octanol–water partition coefficient (Wildman–Crippen LogP) is 17.7. The molecule has 4 heteroatoms. The average molecular weight is 1320 g/mol. The Hall–Kier alpha value is -9.17. The molecular formula is C90H72Cl2Ti2-2. The molecule has 16 rings (SSSR count). The SMILES string of the molecule is Cc1cc2c(-c3ccccc3)cccc2[cH-]1.Cc1cc2c(-c3ccccc3)cccc2[cH-]1.Cc1cc2c(-c3ccccc3)cccc2[cH-]1.Cc1cc2c(-c3ccccc3)cccc2[cH-]1.[Cl-].[Cl-].[Ti+2]=[C](c1ccccc1)c1ccccc1.[Ti+2]=[C](c1ccccc1)c1ccccc1. The Morgan fingerprint density at radius 3 is 0.564 bits per heavy atom. The molecule has 0 saturated heterocycles. The Balaban J connectivity index is 0.000000132. The van der Waals surface area contributed by atoms with Gasteiger partial charge in [0.2, 0.25) is 0 Å². The first-order valence-electron chi connectivity index (χ1n) is 31.4. The molecule has 0 bridgehead atoms. The molecule has 0 spiro atoms. The van der Waals surface area contributed by atoms with Crippen molar-refractivity contribution >= 4 is 50.7 Å². The molecule has 0 radical (unpaired) electrons. The van der Waals surface area contributed by atoms with E-state index in [-0.39, 0.29) is 24.8 Å². The Kier molecular flexibility index (Phi) is 25.5. The van der Waals surface area contributed by atoms with E-state index in [1.165, 1.54) is 140 Å². The third kappa shape index (κ3) is 18.1. The van der Waals surface area contributed by atoms with E-state index in [2.05, 4.69) is 407 Å². The van der Waals surface area contributed by atoms with Crippen molar-refractivity contribution in [2.45, 2.75) is 27.7 Å². The van der Waals surface area contributed by atoms with Crippen LogP contribution in [-0.2, 0) is 39.9 Å². The van der Waals surface area contributed by atoms with Crippen LogP contribution in [0.2, 0.25) is 0 Å². The number of hydrogen-bond acceptors (Lipinski definition) is 0. The zero-order valence-corrected chi connectivity index (χ0v) is 58.0. The topological polar surface area (TPSA) is 0 Å². The van der Waals surface area contributed by atoms with Gasteiger partial charge in [0, 0.05) is 0 Å². The minimum absolute atomic E-state index is 0. The van der Waals surface area contributed by atoms with Crippen LogP contribution in [-0.4, -0.2) is 7.62 Å². The average Bonchev–Trinajstić information content (AvgIpc) is 1.67. The van der Waals surface area contributed by atoms with E-state index in [0.717, 1.165) is 0 Å². The van der Waals surface area contributed by atoms with Gasteiger partial charge >= 0.3 is 191 Å². The molecule has 0 N–H and O–H groups in total. The van der Waals surface area contributed by atoms with Crippen molar-refractivity contribution in [3.63, 3.8) is 0 Å². The van der Waals surface area contributed by atoms with Crippen molar-refractivity contribution in [3.05, 3.63) is 408 Å². The van der Waals surface area contributed by atoms with Crippen molar-refractivity contribution in [2.24, 2.45) is 0 Å². The quantitative estimate of drug-likeness (QED) is 0.105. The van der Waals surface area contributed by atoms with E-state index >= 15 is 0 Å². The van der Waals surface area contributed by atoms with E-state index in [1.807, 2.05) is 24.3 Å². The Morgan fingerprint density at radius 2 is 0.383 bits per heavy atom. The van der Waals surface area contributed by atoms with E-state index in [0.29, 0.717) is 0 Å². The van der Waals surface area contributed by atoms with Crippen molar-refractivity contribution in [2.75, 3.05) is 0 Å². The van der Waals surface area contributed by atoms with Crippen LogP contribution in [0.4, 0.5) is 0 Å². The Labute approximate surface area is 591 Å². The maximum atomic E-state index is 2.26. The first kappa shape index (κ1) is 69.2. The molecule has 16 aromatic carbocycles. The normalized spacial score (nSPS) is 10.3. The van der Waals surface area contributed by atoms with Crippen LogP contribution >= 0.6 is 0 Å². The second-order valence-electron chi connectivity index (χ2n) is 23.0. The van der Waals surface area contributed by atoms with E-state index in [9.17, 15) is 0 Å². The molecule has 0 amide bonds. The zero-order chi connectivity index (χ0) is 63.4. The van der Waals surface area contributed by atoms with Crippen LogP contribution < -0.4 is 24.8 Å². The number of halogens is 2. The maximum absolute atomic E-state index is 2.26. The summed E-state index contributed by atoms with van der Waals surface area (Å²) < 4.78 is 2.65. The molecule has 0 fully saturated rings. The summed E-state index contributed by atoms with van der Waals surface area (Å²) in [6.07, 6.45) is 0. The van der Waals surface area contributed by atoms with Crippen LogP contribution in [0.3, 0.4) is 0 Å².